The van der Waals surface area contributed by atoms with Crippen molar-refractivity contribution in [3.63, 3.8) is 0 Å². The Labute approximate surface area is 233 Å². The first-order valence-corrected chi connectivity index (χ1v) is 14.0. The quantitative estimate of drug-likeness (QED) is 0.349. The fourth-order valence-electron chi connectivity index (χ4n) is 4.74. The van der Waals surface area contributed by atoms with Gasteiger partial charge in [0.15, 0.2) is 0 Å². The van der Waals surface area contributed by atoms with Gasteiger partial charge in [-0.25, -0.2) is 13.1 Å². The molecule has 0 radical (unpaired) electrons. The largest absolute Gasteiger partial charge is 0.348 e. The lowest BCUT2D eigenvalue weighted by atomic mass is 9.91. The number of pyridine rings is 1. The van der Waals surface area contributed by atoms with Crippen LogP contribution in [0.25, 0.3) is 16.5 Å². The second kappa shape index (κ2) is 11.7. The van der Waals surface area contributed by atoms with Crippen molar-refractivity contribution >= 4 is 51.8 Å². The summed E-state index contributed by atoms with van der Waals surface area (Å²) < 4.78 is 30.8. The molecule has 38 heavy (non-hydrogen) atoms. The summed E-state index contributed by atoms with van der Waals surface area (Å²) in [5.41, 5.74) is 0.934. The maximum atomic E-state index is 13.2. The SMILES string of the molecule is O=C(NC1CCCC[C@H]1NS(=O)(=O)c1ccc2cc(Cl)ccc2c1)c1ccc(-n2ccccc2=O)cc1.S. The maximum Gasteiger partial charge on any atom is 0.255 e. The van der Waals surface area contributed by atoms with Crippen molar-refractivity contribution in [2.24, 2.45) is 0 Å². The van der Waals surface area contributed by atoms with E-state index >= 15 is 0 Å². The minimum absolute atomic E-state index is 0. The second-order valence-electron chi connectivity index (χ2n) is 9.20. The van der Waals surface area contributed by atoms with Crippen LogP contribution in [0.2, 0.25) is 5.02 Å². The molecule has 5 rings (SSSR count). The average Bonchev–Trinajstić information content (AvgIpc) is 2.89. The summed E-state index contributed by atoms with van der Waals surface area (Å²) in [6, 6.07) is 21.1. The van der Waals surface area contributed by atoms with Crippen LogP contribution >= 0.6 is 25.1 Å². The highest BCUT2D eigenvalue weighted by Crippen LogP contribution is 2.25. The predicted molar refractivity (Wildman–Crippen MR) is 155 cm³/mol. The van der Waals surface area contributed by atoms with Gasteiger partial charge in [0.1, 0.15) is 0 Å². The van der Waals surface area contributed by atoms with Gasteiger partial charge in [0, 0.05) is 40.6 Å². The zero-order chi connectivity index (χ0) is 26.0. The lowest BCUT2D eigenvalue weighted by Gasteiger charge is -2.32. The maximum absolute atomic E-state index is 13.2. The van der Waals surface area contributed by atoms with Crippen molar-refractivity contribution in [3.05, 3.63) is 106 Å². The molecule has 1 saturated carbocycles. The van der Waals surface area contributed by atoms with E-state index in [9.17, 15) is 18.0 Å². The molecule has 7 nitrogen and oxygen atoms in total. The van der Waals surface area contributed by atoms with Crippen LogP contribution in [-0.2, 0) is 10.0 Å². The van der Waals surface area contributed by atoms with Crippen LogP contribution in [0.15, 0.2) is 94.7 Å². The molecule has 1 aliphatic rings. The van der Waals surface area contributed by atoms with E-state index < -0.39 is 16.1 Å². The van der Waals surface area contributed by atoms with Gasteiger partial charge in [-0.3, -0.25) is 14.2 Å². The molecule has 1 amide bonds. The molecule has 1 aromatic heterocycles. The Kier molecular flexibility index (Phi) is 8.62. The zero-order valence-corrected chi connectivity index (χ0v) is 23.0. The number of benzene rings is 3. The molecule has 1 fully saturated rings. The first kappa shape index (κ1) is 27.9. The molecule has 1 heterocycles. The number of amides is 1. The third-order valence-corrected chi connectivity index (χ3v) is 8.43. The van der Waals surface area contributed by atoms with Gasteiger partial charge in [0.25, 0.3) is 11.5 Å². The van der Waals surface area contributed by atoms with Crippen LogP contribution in [0.3, 0.4) is 0 Å². The molecule has 2 N–H and O–H groups in total. The van der Waals surface area contributed by atoms with Crippen molar-refractivity contribution in [2.75, 3.05) is 0 Å². The van der Waals surface area contributed by atoms with Crippen LogP contribution < -0.4 is 15.6 Å². The van der Waals surface area contributed by atoms with E-state index in [0.717, 1.165) is 23.6 Å². The molecule has 1 unspecified atom stereocenters. The first-order chi connectivity index (χ1) is 17.8. The van der Waals surface area contributed by atoms with Crippen molar-refractivity contribution in [1.82, 2.24) is 14.6 Å². The van der Waals surface area contributed by atoms with Gasteiger partial charge in [0.2, 0.25) is 10.0 Å². The number of sulfonamides is 1. The normalized spacial score (nSPS) is 17.5. The van der Waals surface area contributed by atoms with Crippen LogP contribution in [0.1, 0.15) is 36.0 Å². The summed E-state index contributed by atoms with van der Waals surface area (Å²) in [5.74, 6) is -0.286. The van der Waals surface area contributed by atoms with E-state index in [1.54, 1.807) is 79.0 Å². The number of rotatable bonds is 6. The Hall–Kier alpha value is -3.11. The lowest BCUT2D eigenvalue weighted by Crippen LogP contribution is -2.53. The summed E-state index contributed by atoms with van der Waals surface area (Å²) in [7, 11) is -3.80. The number of nitrogens with one attached hydrogen (secondary N) is 2. The third-order valence-electron chi connectivity index (χ3n) is 6.70. The summed E-state index contributed by atoms with van der Waals surface area (Å²) in [6.07, 6.45) is 4.74. The number of aromatic nitrogens is 1. The number of hydrogen-bond donors (Lipinski definition) is 2. The van der Waals surface area contributed by atoms with Crippen LogP contribution in [-0.4, -0.2) is 31.0 Å². The number of hydrogen-bond acceptors (Lipinski definition) is 4. The average molecular weight is 570 g/mol. The van der Waals surface area contributed by atoms with Gasteiger partial charge in [-0.05, 0) is 78.2 Å². The van der Waals surface area contributed by atoms with Gasteiger partial charge in [-0.2, -0.15) is 13.5 Å². The minimum atomic E-state index is -3.80. The fraction of sp³-hybridized carbons (Fsp3) is 0.214. The molecule has 0 saturated heterocycles. The minimum Gasteiger partial charge on any atom is -0.348 e. The van der Waals surface area contributed by atoms with Crippen LogP contribution in [0.4, 0.5) is 0 Å². The second-order valence-corrected chi connectivity index (χ2v) is 11.4. The lowest BCUT2D eigenvalue weighted by molar-refractivity contribution is 0.0918. The van der Waals surface area contributed by atoms with Gasteiger partial charge in [-0.15, -0.1) is 0 Å². The molecule has 198 valence electrons. The first-order valence-electron chi connectivity index (χ1n) is 12.1. The van der Waals surface area contributed by atoms with Crippen LogP contribution in [0.5, 0.6) is 0 Å². The van der Waals surface area contributed by atoms with E-state index in [4.69, 9.17) is 11.6 Å². The Morgan fingerprint density at radius 1 is 0.868 bits per heavy atom. The smallest absolute Gasteiger partial charge is 0.255 e. The number of carbonyl (C=O) groups is 1. The molecule has 0 spiro atoms. The molecule has 10 heteroatoms. The molecule has 2 atom stereocenters. The highest BCUT2D eigenvalue weighted by atomic mass is 35.5. The fourth-order valence-corrected chi connectivity index (χ4v) is 6.27. The van der Waals surface area contributed by atoms with Gasteiger partial charge in [-0.1, -0.05) is 42.6 Å². The Balaban J connectivity index is 0.00000336. The number of halogens is 1. The number of carbonyl (C=O) groups excluding carboxylic acids is 1. The molecular formula is C28H28ClN3O4S2. The topological polar surface area (TPSA) is 97.3 Å². The van der Waals surface area contributed by atoms with Crippen molar-refractivity contribution in [1.29, 1.82) is 0 Å². The van der Waals surface area contributed by atoms with E-state index in [0.29, 0.717) is 29.1 Å². The highest BCUT2D eigenvalue weighted by Gasteiger charge is 2.31. The third kappa shape index (κ3) is 6.13. The summed E-state index contributed by atoms with van der Waals surface area (Å²) in [4.78, 5) is 25.2. The van der Waals surface area contributed by atoms with Crippen molar-refractivity contribution in [2.45, 2.75) is 42.7 Å². The monoisotopic (exact) mass is 569 g/mol. The van der Waals surface area contributed by atoms with Crippen molar-refractivity contribution < 1.29 is 13.2 Å². The zero-order valence-electron chi connectivity index (χ0n) is 20.4. The molecule has 0 aliphatic heterocycles. The summed E-state index contributed by atoms with van der Waals surface area (Å²) in [5, 5.41) is 5.24. The highest BCUT2D eigenvalue weighted by molar-refractivity contribution is 7.89. The molecule has 1 aliphatic carbocycles. The Morgan fingerprint density at radius 2 is 1.55 bits per heavy atom. The van der Waals surface area contributed by atoms with Gasteiger partial charge < -0.3 is 5.32 Å². The Bertz CT molecular complexity index is 1620. The summed E-state index contributed by atoms with van der Waals surface area (Å²) >= 11 is 6.04. The van der Waals surface area contributed by atoms with E-state index in [-0.39, 0.29) is 35.9 Å². The van der Waals surface area contributed by atoms with E-state index in [1.807, 2.05) is 0 Å². The van der Waals surface area contributed by atoms with E-state index in [1.165, 1.54) is 10.6 Å². The van der Waals surface area contributed by atoms with Gasteiger partial charge in [0.05, 0.1) is 4.90 Å². The molecule has 3 aromatic carbocycles. The summed E-state index contributed by atoms with van der Waals surface area (Å²) in [6.45, 7) is 0. The molecule has 0 bridgehead atoms. The molecule has 4 aromatic rings. The predicted octanol–water partition coefficient (Wildman–Crippen LogP) is 4.78. The van der Waals surface area contributed by atoms with Crippen molar-refractivity contribution in [3.8, 4) is 5.69 Å². The van der Waals surface area contributed by atoms with Gasteiger partial charge >= 0.3 is 0 Å². The molecular weight excluding hydrogens is 542 g/mol. The Morgan fingerprint density at radius 3 is 2.29 bits per heavy atom. The van der Waals surface area contributed by atoms with E-state index in [2.05, 4.69) is 10.0 Å². The number of nitrogens with zero attached hydrogens (tertiary/aromatic N) is 1. The number of fused-ring (bicyclic) bond motifs is 1. The standard InChI is InChI=1S/C28H26ClN3O4S.H2S/c29-22-12-8-21-18-24(15-11-20(21)17-22)37(35,36)31-26-6-2-1-5-25(26)30-28(34)19-9-13-23(14-10-19)32-16-4-3-7-27(32)33;/h3-4,7-18,25-26,31H,1-2,5-6H2,(H,30,34);1H2/t25?,26-;/m1./s1. The van der Waals surface area contributed by atoms with Crippen LogP contribution in [0, 0.1) is 0 Å².